The molecule has 0 saturated carbocycles. The first-order valence-corrected chi connectivity index (χ1v) is 8.91. The van der Waals surface area contributed by atoms with E-state index >= 15 is 0 Å². The summed E-state index contributed by atoms with van der Waals surface area (Å²) < 4.78 is 0. The summed E-state index contributed by atoms with van der Waals surface area (Å²) in [5.74, 6) is -4.54. The number of amides is 1. The Morgan fingerprint density at radius 3 is 1.41 bits per heavy atom. The number of benzene rings is 1. The lowest BCUT2D eigenvalue weighted by molar-refractivity contribution is -0.139. The molecule has 0 bridgehead atoms. The van der Waals surface area contributed by atoms with Gasteiger partial charge in [-0.25, -0.2) is 0 Å². The van der Waals surface area contributed by atoms with E-state index in [9.17, 15) is 24.0 Å². The lowest BCUT2D eigenvalue weighted by atomic mass is 10.1. The predicted octanol–water partition coefficient (Wildman–Crippen LogP) is -2.64. The predicted molar refractivity (Wildman–Crippen MR) is 113 cm³/mol. The van der Waals surface area contributed by atoms with Crippen molar-refractivity contribution in [2.24, 2.45) is 28.7 Å². The Balaban J connectivity index is -0.000000379. The molecule has 14 heteroatoms. The minimum absolute atomic E-state index is 0.0213. The van der Waals surface area contributed by atoms with Crippen LogP contribution in [0.25, 0.3) is 0 Å². The summed E-state index contributed by atoms with van der Waals surface area (Å²) in [6, 6.07) is 7.56. The zero-order valence-corrected chi connectivity index (χ0v) is 17.3. The molecule has 1 aromatic rings. The molecule has 0 unspecified atom stereocenters. The van der Waals surface area contributed by atoms with Crippen molar-refractivity contribution in [2.75, 3.05) is 13.1 Å². The van der Waals surface area contributed by atoms with Gasteiger partial charge >= 0.3 is 23.9 Å². The van der Waals surface area contributed by atoms with Crippen molar-refractivity contribution in [1.29, 1.82) is 0 Å². The number of carboxylic acid groups (broad SMARTS) is 4. The number of rotatable bonds is 9. The highest BCUT2D eigenvalue weighted by Gasteiger charge is 2.11. The molecule has 1 aromatic carbocycles. The van der Waals surface area contributed by atoms with Gasteiger partial charge in [0, 0.05) is 6.42 Å². The van der Waals surface area contributed by atoms with Gasteiger partial charge in [-0.05, 0) is 18.4 Å². The molecule has 1 amide bonds. The molecular formula is C18H31N5O9. The van der Waals surface area contributed by atoms with Crippen LogP contribution in [0.3, 0.4) is 0 Å². The van der Waals surface area contributed by atoms with E-state index in [2.05, 4.69) is 11.5 Å². The highest BCUT2D eigenvalue weighted by atomic mass is 16.4. The van der Waals surface area contributed by atoms with Crippen LogP contribution in [-0.2, 0) is 30.4 Å². The van der Waals surface area contributed by atoms with Crippen molar-refractivity contribution in [3.63, 3.8) is 0 Å². The SMILES string of the molecule is NC(=O)CC[C@H](N)C(=O)O.NCC(=O)O.NCC(=O)O.N[C@@H](Cc1ccccc1)C(=O)O. The normalized spacial score (nSPS) is 10.9. The number of primary amides is 1. The maximum absolute atomic E-state index is 10.4. The van der Waals surface area contributed by atoms with Crippen LogP contribution in [0.5, 0.6) is 0 Å². The molecule has 0 aliphatic rings. The van der Waals surface area contributed by atoms with Crippen LogP contribution in [0.4, 0.5) is 0 Å². The van der Waals surface area contributed by atoms with Crippen LogP contribution in [0.1, 0.15) is 18.4 Å². The lowest BCUT2D eigenvalue weighted by Gasteiger charge is -2.04. The van der Waals surface area contributed by atoms with Crippen molar-refractivity contribution in [1.82, 2.24) is 0 Å². The summed E-state index contributed by atoms with van der Waals surface area (Å²) in [6.45, 7) is -0.556. The van der Waals surface area contributed by atoms with Crippen molar-refractivity contribution in [3.05, 3.63) is 35.9 Å². The van der Waals surface area contributed by atoms with Gasteiger partial charge in [-0.2, -0.15) is 0 Å². The number of carboxylic acids is 4. The number of aliphatic carboxylic acids is 4. The standard InChI is InChI=1S/C9H11NO2.C5H10N2O3.2C2H5NO2/c10-8(9(11)12)6-7-4-2-1-3-5-7;6-3(5(9)10)1-2-4(7)8;2*3-1-2(4)5/h1-5,8H,6,10H2,(H,11,12);3H,1-2,6H2,(H2,7,8)(H,9,10);2*1,3H2,(H,4,5)/t8-;3-;;/m00../s1. The van der Waals surface area contributed by atoms with Crippen LogP contribution >= 0.6 is 0 Å². The molecule has 14 N–H and O–H groups in total. The second-order valence-corrected chi connectivity index (χ2v) is 5.78. The molecular weight excluding hydrogens is 430 g/mol. The summed E-state index contributed by atoms with van der Waals surface area (Å²) in [4.78, 5) is 49.0. The molecule has 0 aliphatic carbocycles. The van der Waals surface area contributed by atoms with Crippen molar-refractivity contribution >= 4 is 29.8 Å². The van der Waals surface area contributed by atoms with Gasteiger partial charge in [0.2, 0.25) is 5.91 Å². The van der Waals surface area contributed by atoms with E-state index in [1.165, 1.54) is 0 Å². The molecule has 32 heavy (non-hydrogen) atoms. The van der Waals surface area contributed by atoms with Crippen LogP contribution in [0, 0.1) is 0 Å². The van der Waals surface area contributed by atoms with E-state index in [4.69, 9.17) is 37.6 Å². The summed E-state index contributed by atoms with van der Waals surface area (Å²) in [5, 5.41) is 31.9. The topological polar surface area (TPSA) is 296 Å². The van der Waals surface area contributed by atoms with E-state index in [0.717, 1.165) is 5.56 Å². The Kier molecular flexibility index (Phi) is 21.4. The van der Waals surface area contributed by atoms with Crippen LogP contribution in [0.2, 0.25) is 0 Å². The summed E-state index contributed by atoms with van der Waals surface area (Å²) in [6.07, 6.45) is 0.508. The fourth-order valence-electron chi connectivity index (χ4n) is 1.38. The van der Waals surface area contributed by atoms with E-state index < -0.39 is 41.9 Å². The van der Waals surface area contributed by atoms with E-state index in [0.29, 0.717) is 6.42 Å². The number of nitrogens with two attached hydrogens (primary N) is 5. The third kappa shape index (κ3) is 26.4. The fourth-order valence-corrected chi connectivity index (χ4v) is 1.38. The lowest BCUT2D eigenvalue weighted by Crippen LogP contribution is -2.32. The molecule has 0 aromatic heterocycles. The first kappa shape index (κ1) is 33.1. The third-order valence-electron chi connectivity index (χ3n) is 2.98. The van der Waals surface area contributed by atoms with Crippen LogP contribution in [0.15, 0.2) is 30.3 Å². The highest BCUT2D eigenvalue weighted by Crippen LogP contribution is 2.01. The fraction of sp³-hybridized carbons (Fsp3) is 0.389. The van der Waals surface area contributed by atoms with E-state index in [-0.39, 0.29) is 25.9 Å². The largest absolute Gasteiger partial charge is 0.480 e. The number of carbonyl (C=O) groups excluding carboxylic acids is 1. The molecule has 0 saturated heterocycles. The van der Waals surface area contributed by atoms with Gasteiger partial charge in [0.05, 0.1) is 13.1 Å². The van der Waals surface area contributed by atoms with E-state index in [1.807, 2.05) is 30.3 Å². The Morgan fingerprint density at radius 1 is 0.750 bits per heavy atom. The van der Waals surface area contributed by atoms with Crippen molar-refractivity contribution in [3.8, 4) is 0 Å². The van der Waals surface area contributed by atoms with Gasteiger partial charge in [0.25, 0.3) is 0 Å². The van der Waals surface area contributed by atoms with Gasteiger partial charge in [-0.3, -0.25) is 24.0 Å². The molecule has 1 rings (SSSR count). The third-order valence-corrected chi connectivity index (χ3v) is 2.98. The molecule has 182 valence electrons. The Labute approximate surface area is 184 Å². The summed E-state index contributed by atoms with van der Waals surface area (Å²) in [7, 11) is 0. The van der Waals surface area contributed by atoms with Crippen LogP contribution < -0.4 is 28.7 Å². The monoisotopic (exact) mass is 461 g/mol. The molecule has 0 heterocycles. The molecule has 2 atom stereocenters. The number of hydrogen-bond acceptors (Lipinski definition) is 9. The molecule has 14 nitrogen and oxygen atoms in total. The zero-order chi connectivity index (χ0) is 25.7. The smallest absolute Gasteiger partial charge is 0.320 e. The summed E-state index contributed by atoms with van der Waals surface area (Å²) in [5.41, 5.74) is 25.3. The van der Waals surface area contributed by atoms with E-state index in [1.54, 1.807) is 0 Å². The number of carbonyl (C=O) groups is 5. The van der Waals surface area contributed by atoms with Gasteiger partial charge in [-0.15, -0.1) is 0 Å². The average molecular weight is 461 g/mol. The Hall–Kier alpha value is -3.59. The van der Waals surface area contributed by atoms with Gasteiger partial charge < -0.3 is 49.1 Å². The maximum atomic E-state index is 10.4. The van der Waals surface area contributed by atoms with Gasteiger partial charge in [0.1, 0.15) is 12.1 Å². The minimum atomic E-state index is -1.11. The Morgan fingerprint density at radius 2 is 1.12 bits per heavy atom. The quantitative estimate of drug-likeness (QED) is 0.182. The average Bonchev–Trinajstić information content (AvgIpc) is 2.73. The van der Waals surface area contributed by atoms with Crippen molar-refractivity contribution < 1.29 is 44.4 Å². The Bertz CT molecular complexity index is 687. The molecule has 0 aliphatic heterocycles. The molecule has 0 radical (unpaired) electrons. The second kappa shape index (κ2) is 20.7. The first-order valence-electron chi connectivity index (χ1n) is 8.91. The molecule has 0 spiro atoms. The van der Waals surface area contributed by atoms with Crippen LogP contribution in [-0.4, -0.2) is 75.4 Å². The molecule has 0 fully saturated rings. The van der Waals surface area contributed by atoms with Gasteiger partial charge in [0.15, 0.2) is 0 Å². The second-order valence-electron chi connectivity index (χ2n) is 5.78. The van der Waals surface area contributed by atoms with Crippen molar-refractivity contribution in [2.45, 2.75) is 31.3 Å². The zero-order valence-electron chi connectivity index (χ0n) is 17.3. The minimum Gasteiger partial charge on any atom is -0.480 e. The highest BCUT2D eigenvalue weighted by molar-refractivity contribution is 5.77. The first-order chi connectivity index (χ1) is 14.8. The number of hydrogen-bond donors (Lipinski definition) is 9. The summed E-state index contributed by atoms with van der Waals surface area (Å²) >= 11 is 0. The van der Waals surface area contributed by atoms with Gasteiger partial charge in [-0.1, -0.05) is 30.3 Å². The maximum Gasteiger partial charge on any atom is 0.320 e.